The Morgan fingerprint density at radius 1 is 1.46 bits per heavy atom. The Morgan fingerprint density at radius 3 is 2.62 bits per heavy atom. The number of methoxy groups -OCH3 is 2. The lowest BCUT2D eigenvalue weighted by Gasteiger charge is -2.06. The first-order chi connectivity index (χ1) is 6.19. The highest BCUT2D eigenvalue weighted by Crippen LogP contribution is 2.23. The SMILES string of the molecule is COc1c[c]c(C(N)=O)c(OC)c1. The Hall–Kier alpha value is -1.71. The van der Waals surface area contributed by atoms with Crippen molar-refractivity contribution >= 4 is 5.91 Å². The second-order valence-electron chi connectivity index (χ2n) is 2.35. The zero-order valence-corrected chi connectivity index (χ0v) is 7.46. The fraction of sp³-hybridized carbons (Fsp3) is 0.222. The van der Waals surface area contributed by atoms with Crippen LogP contribution in [0.1, 0.15) is 10.4 Å². The van der Waals surface area contributed by atoms with Crippen LogP contribution < -0.4 is 15.2 Å². The molecule has 0 aliphatic carbocycles. The summed E-state index contributed by atoms with van der Waals surface area (Å²) in [4.78, 5) is 10.9. The lowest BCUT2D eigenvalue weighted by atomic mass is 10.2. The number of hydrogen-bond acceptors (Lipinski definition) is 3. The van der Waals surface area contributed by atoms with E-state index in [1.807, 2.05) is 0 Å². The first-order valence-electron chi connectivity index (χ1n) is 3.62. The molecule has 1 amide bonds. The summed E-state index contributed by atoms with van der Waals surface area (Å²) in [7, 11) is 2.97. The topological polar surface area (TPSA) is 61.5 Å². The van der Waals surface area contributed by atoms with Crippen LogP contribution in [-0.4, -0.2) is 20.1 Å². The number of nitrogens with two attached hydrogens (primary N) is 1. The molecule has 0 unspecified atom stereocenters. The minimum Gasteiger partial charge on any atom is -0.497 e. The van der Waals surface area contributed by atoms with E-state index in [9.17, 15) is 4.79 Å². The molecule has 2 N–H and O–H groups in total. The Bertz CT molecular complexity index is 323. The van der Waals surface area contributed by atoms with Gasteiger partial charge in [-0.25, -0.2) is 0 Å². The molecular formula is C9H10NO3. The van der Waals surface area contributed by atoms with Crippen LogP contribution in [0.5, 0.6) is 11.5 Å². The molecule has 0 spiro atoms. The largest absolute Gasteiger partial charge is 0.497 e. The fourth-order valence-electron chi connectivity index (χ4n) is 0.929. The molecule has 1 radical (unpaired) electrons. The predicted molar refractivity (Wildman–Crippen MR) is 46.9 cm³/mol. The highest BCUT2D eigenvalue weighted by Gasteiger charge is 2.09. The van der Waals surface area contributed by atoms with E-state index < -0.39 is 5.91 Å². The summed E-state index contributed by atoms with van der Waals surface area (Å²) < 4.78 is 9.87. The molecule has 0 fully saturated rings. The third kappa shape index (κ3) is 1.90. The van der Waals surface area contributed by atoms with Crippen LogP contribution in [0.15, 0.2) is 12.1 Å². The van der Waals surface area contributed by atoms with E-state index in [4.69, 9.17) is 15.2 Å². The highest BCUT2D eigenvalue weighted by atomic mass is 16.5. The van der Waals surface area contributed by atoms with Crippen molar-refractivity contribution in [3.8, 4) is 11.5 Å². The molecule has 4 heteroatoms. The average Bonchev–Trinajstić information content (AvgIpc) is 2.16. The van der Waals surface area contributed by atoms with Gasteiger partial charge in [0.2, 0.25) is 0 Å². The number of primary amides is 1. The van der Waals surface area contributed by atoms with Crippen molar-refractivity contribution in [2.45, 2.75) is 0 Å². The molecular weight excluding hydrogens is 170 g/mol. The molecule has 69 valence electrons. The lowest BCUT2D eigenvalue weighted by Crippen LogP contribution is -2.12. The third-order valence-electron chi connectivity index (χ3n) is 1.58. The van der Waals surface area contributed by atoms with Crippen LogP contribution in [0.25, 0.3) is 0 Å². The minimum atomic E-state index is -0.570. The number of hydrogen-bond donors (Lipinski definition) is 1. The van der Waals surface area contributed by atoms with Gasteiger partial charge in [-0.05, 0) is 6.07 Å². The van der Waals surface area contributed by atoms with Crippen LogP contribution >= 0.6 is 0 Å². The normalized spacial score (nSPS) is 9.38. The molecule has 0 bridgehead atoms. The smallest absolute Gasteiger partial charge is 0.253 e. The summed E-state index contributed by atoms with van der Waals surface area (Å²) in [5.41, 5.74) is 5.32. The molecule has 1 aromatic carbocycles. The fourth-order valence-corrected chi connectivity index (χ4v) is 0.929. The summed E-state index contributed by atoms with van der Waals surface area (Å²) >= 11 is 0. The van der Waals surface area contributed by atoms with Crippen molar-refractivity contribution in [2.24, 2.45) is 5.73 Å². The summed E-state index contributed by atoms with van der Waals surface area (Å²) in [5.74, 6) is 0.369. The van der Waals surface area contributed by atoms with E-state index in [0.29, 0.717) is 11.5 Å². The maximum Gasteiger partial charge on any atom is 0.253 e. The van der Waals surface area contributed by atoms with Crippen LogP contribution in [-0.2, 0) is 0 Å². The number of rotatable bonds is 3. The molecule has 4 nitrogen and oxygen atoms in total. The number of benzene rings is 1. The van der Waals surface area contributed by atoms with E-state index in [-0.39, 0.29) is 5.56 Å². The lowest BCUT2D eigenvalue weighted by molar-refractivity contribution is 0.0997. The molecule has 1 aromatic rings. The van der Waals surface area contributed by atoms with Crippen LogP contribution in [0.2, 0.25) is 0 Å². The van der Waals surface area contributed by atoms with Gasteiger partial charge in [0, 0.05) is 12.1 Å². The van der Waals surface area contributed by atoms with Crippen LogP contribution in [0.4, 0.5) is 0 Å². The zero-order chi connectivity index (χ0) is 9.84. The molecule has 0 saturated carbocycles. The number of carbonyl (C=O) groups is 1. The summed E-state index contributed by atoms with van der Waals surface area (Å²) in [5, 5.41) is 0. The Kier molecular flexibility index (Phi) is 2.74. The van der Waals surface area contributed by atoms with Crippen molar-refractivity contribution < 1.29 is 14.3 Å². The van der Waals surface area contributed by atoms with Gasteiger partial charge >= 0.3 is 0 Å². The monoisotopic (exact) mass is 180 g/mol. The molecule has 0 aliphatic rings. The zero-order valence-electron chi connectivity index (χ0n) is 7.46. The van der Waals surface area contributed by atoms with Crippen LogP contribution in [0.3, 0.4) is 0 Å². The van der Waals surface area contributed by atoms with Crippen molar-refractivity contribution in [2.75, 3.05) is 14.2 Å². The van der Waals surface area contributed by atoms with Crippen molar-refractivity contribution in [3.63, 3.8) is 0 Å². The Labute approximate surface area is 76.3 Å². The van der Waals surface area contributed by atoms with Gasteiger partial charge in [0.1, 0.15) is 11.5 Å². The first kappa shape index (κ1) is 9.38. The van der Waals surface area contributed by atoms with E-state index in [1.165, 1.54) is 20.3 Å². The molecule has 13 heavy (non-hydrogen) atoms. The van der Waals surface area contributed by atoms with Gasteiger partial charge in [-0.15, -0.1) is 0 Å². The molecule has 0 aromatic heterocycles. The second-order valence-corrected chi connectivity index (χ2v) is 2.35. The Balaban J connectivity index is 3.15. The van der Waals surface area contributed by atoms with E-state index in [1.54, 1.807) is 6.07 Å². The summed E-state index contributed by atoms with van der Waals surface area (Å²) in [6.45, 7) is 0. The minimum absolute atomic E-state index is 0.225. The van der Waals surface area contributed by atoms with Crippen molar-refractivity contribution in [1.82, 2.24) is 0 Å². The maximum atomic E-state index is 10.9. The number of ether oxygens (including phenoxy) is 2. The van der Waals surface area contributed by atoms with Gasteiger partial charge in [-0.2, -0.15) is 0 Å². The van der Waals surface area contributed by atoms with E-state index >= 15 is 0 Å². The van der Waals surface area contributed by atoms with Gasteiger partial charge in [0.25, 0.3) is 5.91 Å². The number of carbonyl (C=O) groups excluding carboxylic acids is 1. The molecule has 1 rings (SSSR count). The molecule has 0 atom stereocenters. The first-order valence-corrected chi connectivity index (χ1v) is 3.62. The van der Waals surface area contributed by atoms with E-state index in [0.717, 1.165) is 0 Å². The summed E-state index contributed by atoms with van der Waals surface area (Å²) in [6, 6.07) is 5.79. The van der Waals surface area contributed by atoms with Crippen molar-refractivity contribution in [1.29, 1.82) is 0 Å². The van der Waals surface area contributed by atoms with Gasteiger partial charge in [0.15, 0.2) is 0 Å². The van der Waals surface area contributed by atoms with Crippen molar-refractivity contribution in [3.05, 3.63) is 23.8 Å². The summed E-state index contributed by atoms with van der Waals surface area (Å²) in [6.07, 6.45) is 0. The van der Waals surface area contributed by atoms with Gasteiger partial charge in [-0.1, -0.05) is 0 Å². The quantitative estimate of drug-likeness (QED) is 0.741. The van der Waals surface area contributed by atoms with Crippen LogP contribution in [0, 0.1) is 6.07 Å². The van der Waals surface area contributed by atoms with Gasteiger partial charge in [0.05, 0.1) is 19.8 Å². The van der Waals surface area contributed by atoms with Gasteiger partial charge in [-0.3, -0.25) is 4.79 Å². The second kappa shape index (κ2) is 3.80. The van der Waals surface area contributed by atoms with E-state index in [2.05, 4.69) is 6.07 Å². The third-order valence-corrected chi connectivity index (χ3v) is 1.58. The maximum absolute atomic E-state index is 10.9. The number of amides is 1. The molecule has 0 heterocycles. The van der Waals surface area contributed by atoms with Gasteiger partial charge < -0.3 is 15.2 Å². The predicted octanol–water partition coefficient (Wildman–Crippen LogP) is 0.603. The standard InChI is InChI=1S/C9H10NO3/c1-12-6-3-4-7(9(10)11)8(5-6)13-2/h3,5H,1-2H3,(H2,10,11). The highest BCUT2D eigenvalue weighted by molar-refractivity contribution is 5.95. The molecule has 0 saturated heterocycles. The Morgan fingerprint density at radius 2 is 2.15 bits per heavy atom. The average molecular weight is 180 g/mol. The molecule has 0 aliphatic heterocycles.